The Morgan fingerprint density at radius 1 is 1.80 bits per heavy atom. The quantitative estimate of drug-likeness (QED) is 0.415. The summed E-state index contributed by atoms with van der Waals surface area (Å²) in [6.07, 6.45) is 2.42. The minimum Gasteiger partial charge on any atom is -0.469 e. The fourth-order valence-corrected chi connectivity index (χ4v) is 1.10. The summed E-state index contributed by atoms with van der Waals surface area (Å²) < 4.78 is 5.87. The highest BCUT2D eigenvalue weighted by atomic mass is 16.6. The highest BCUT2D eigenvalue weighted by molar-refractivity contribution is 5.71. The van der Waals surface area contributed by atoms with Gasteiger partial charge in [0.05, 0.1) is 24.5 Å². The standard InChI is InChI=1S/C8H11N3O4/c1-6(8(12)15-2)4-10-5-7(3-9-10)11(13)14/h3,5-6H,4H2,1-2H3. The Balaban J connectivity index is 2.65. The molecule has 0 saturated carbocycles. The van der Waals surface area contributed by atoms with Crippen molar-refractivity contribution in [2.24, 2.45) is 5.92 Å². The fraction of sp³-hybridized carbons (Fsp3) is 0.500. The number of aromatic nitrogens is 2. The topological polar surface area (TPSA) is 87.3 Å². The number of esters is 1. The summed E-state index contributed by atoms with van der Waals surface area (Å²) >= 11 is 0. The molecule has 0 radical (unpaired) electrons. The van der Waals surface area contributed by atoms with Crippen molar-refractivity contribution in [1.82, 2.24) is 9.78 Å². The van der Waals surface area contributed by atoms with Crippen molar-refractivity contribution in [3.8, 4) is 0 Å². The summed E-state index contributed by atoms with van der Waals surface area (Å²) in [6.45, 7) is 1.93. The van der Waals surface area contributed by atoms with Crippen LogP contribution in [0.3, 0.4) is 0 Å². The molecule has 1 aromatic heterocycles. The van der Waals surface area contributed by atoms with Gasteiger partial charge in [0.1, 0.15) is 12.4 Å². The molecule has 0 aliphatic rings. The van der Waals surface area contributed by atoms with Gasteiger partial charge in [0, 0.05) is 0 Å². The van der Waals surface area contributed by atoms with Gasteiger partial charge >= 0.3 is 11.7 Å². The first-order chi connectivity index (χ1) is 7.04. The van der Waals surface area contributed by atoms with Crippen LogP contribution in [0.4, 0.5) is 5.69 Å². The first kappa shape index (κ1) is 11.2. The van der Waals surface area contributed by atoms with Crippen LogP contribution in [-0.4, -0.2) is 27.8 Å². The molecule has 7 nitrogen and oxygen atoms in total. The Labute approximate surface area is 85.8 Å². The van der Waals surface area contributed by atoms with E-state index >= 15 is 0 Å². The van der Waals surface area contributed by atoms with E-state index in [0.717, 1.165) is 6.20 Å². The van der Waals surface area contributed by atoms with Crippen LogP contribution in [0.5, 0.6) is 0 Å². The molecule has 0 fully saturated rings. The lowest BCUT2D eigenvalue weighted by Crippen LogP contribution is -2.18. The van der Waals surface area contributed by atoms with E-state index in [1.165, 1.54) is 18.0 Å². The Morgan fingerprint density at radius 3 is 2.93 bits per heavy atom. The van der Waals surface area contributed by atoms with Gasteiger partial charge in [-0.1, -0.05) is 6.92 Å². The van der Waals surface area contributed by atoms with Crippen molar-refractivity contribution in [2.45, 2.75) is 13.5 Å². The van der Waals surface area contributed by atoms with Crippen LogP contribution in [0, 0.1) is 16.0 Å². The molecule has 0 amide bonds. The summed E-state index contributed by atoms with van der Waals surface area (Å²) in [5.74, 6) is -0.748. The van der Waals surface area contributed by atoms with Crippen LogP contribution >= 0.6 is 0 Å². The monoisotopic (exact) mass is 213 g/mol. The van der Waals surface area contributed by atoms with E-state index in [2.05, 4.69) is 9.84 Å². The van der Waals surface area contributed by atoms with Gasteiger partial charge in [-0.25, -0.2) is 0 Å². The van der Waals surface area contributed by atoms with Crippen molar-refractivity contribution < 1.29 is 14.5 Å². The van der Waals surface area contributed by atoms with Gasteiger partial charge < -0.3 is 4.74 Å². The molecular weight excluding hydrogens is 202 g/mol. The summed E-state index contributed by atoms with van der Waals surface area (Å²) in [5, 5.41) is 14.1. The molecule has 15 heavy (non-hydrogen) atoms. The Bertz CT molecular complexity index is 374. The molecule has 1 unspecified atom stereocenters. The molecule has 0 aliphatic heterocycles. The average molecular weight is 213 g/mol. The molecule has 0 aromatic carbocycles. The second-order valence-corrected chi connectivity index (χ2v) is 3.10. The van der Waals surface area contributed by atoms with Gasteiger partial charge in [-0.3, -0.25) is 19.6 Å². The molecule has 1 rings (SSSR count). The van der Waals surface area contributed by atoms with Crippen molar-refractivity contribution >= 4 is 11.7 Å². The minimum atomic E-state index is -0.535. The largest absolute Gasteiger partial charge is 0.469 e. The molecule has 0 N–H and O–H groups in total. The van der Waals surface area contributed by atoms with Gasteiger partial charge in [-0.15, -0.1) is 0 Å². The van der Waals surface area contributed by atoms with Crippen molar-refractivity contribution in [3.63, 3.8) is 0 Å². The van der Waals surface area contributed by atoms with E-state index in [4.69, 9.17) is 0 Å². The smallest absolute Gasteiger partial charge is 0.310 e. The summed E-state index contributed by atoms with van der Waals surface area (Å²) in [5.41, 5.74) is -0.0907. The van der Waals surface area contributed by atoms with Crippen molar-refractivity contribution in [3.05, 3.63) is 22.5 Å². The van der Waals surface area contributed by atoms with Crippen LogP contribution in [0.15, 0.2) is 12.4 Å². The van der Waals surface area contributed by atoms with Crippen molar-refractivity contribution in [2.75, 3.05) is 7.11 Å². The third kappa shape index (κ3) is 2.76. The Hall–Kier alpha value is -1.92. The predicted molar refractivity (Wildman–Crippen MR) is 50.1 cm³/mol. The van der Waals surface area contributed by atoms with Gasteiger partial charge in [0.25, 0.3) is 0 Å². The fourth-order valence-electron chi connectivity index (χ4n) is 1.10. The van der Waals surface area contributed by atoms with E-state index in [-0.39, 0.29) is 24.1 Å². The number of hydrogen-bond acceptors (Lipinski definition) is 5. The number of carbonyl (C=O) groups is 1. The van der Waals surface area contributed by atoms with Gasteiger partial charge in [-0.2, -0.15) is 5.10 Å². The summed E-state index contributed by atoms with van der Waals surface area (Å²) in [6, 6.07) is 0. The maximum Gasteiger partial charge on any atom is 0.310 e. The van der Waals surface area contributed by atoms with Crippen LogP contribution in [0.25, 0.3) is 0 Å². The molecule has 0 bridgehead atoms. The molecule has 0 saturated heterocycles. The zero-order chi connectivity index (χ0) is 11.4. The molecule has 0 spiro atoms. The number of nitrogens with zero attached hydrogens (tertiary/aromatic N) is 3. The molecule has 0 aliphatic carbocycles. The molecule has 1 atom stereocenters. The molecule has 1 heterocycles. The lowest BCUT2D eigenvalue weighted by Gasteiger charge is -2.07. The SMILES string of the molecule is COC(=O)C(C)Cn1cc([N+](=O)[O-])cn1. The highest BCUT2D eigenvalue weighted by Gasteiger charge is 2.16. The zero-order valence-electron chi connectivity index (χ0n) is 8.41. The van der Waals surface area contributed by atoms with Crippen LogP contribution in [0.1, 0.15) is 6.92 Å². The molecular formula is C8H11N3O4. The number of rotatable bonds is 4. The minimum absolute atomic E-state index is 0.0907. The lowest BCUT2D eigenvalue weighted by molar-refractivity contribution is -0.385. The third-order valence-corrected chi connectivity index (χ3v) is 1.89. The summed E-state index contributed by atoms with van der Waals surface area (Å²) in [4.78, 5) is 20.9. The number of carbonyl (C=O) groups excluding carboxylic acids is 1. The lowest BCUT2D eigenvalue weighted by atomic mass is 10.2. The van der Waals surface area contributed by atoms with E-state index in [1.54, 1.807) is 6.92 Å². The third-order valence-electron chi connectivity index (χ3n) is 1.89. The van der Waals surface area contributed by atoms with Gasteiger partial charge in [0.15, 0.2) is 0 Å². The second-order valence-electron chi connectivity index (χ2n) is 3.10. The Morgan fingerprint density at radius 2 is 2.47 bits per heavy atom. The van der Waals surface area contributed by atoms with Gasteiger partial charge in [0.2, 0.25) is 0 Å². The second kappa shape index (κ2) is 4.54. The summed E-state index contributed by atoms with van der Waals surface area (Å²) in [7, 11) is 1.30. The molecule has 82 valence electrons. The zero-order valence-corrected chi connectivity index (χ0v) is 8.41. The predicted octanol–water partition coefficient (Wildman–Crippen LogP) is 0.600. The Kier molecular flexibility index (Phi) is 3.37. The van der Waals surface area contributed by atoms with E-state index < -0.39 is 4.92 Å². The average Bonchev–Trinajstić information content (AvgIpc) is 2.65. The van der Waals surface area contributed by atoms with Crippen LogP contribution in [0.2, 0.25) is 0 Å². The maximum absolute atomic E-state index is 11.1. The van der Waals surface area contributed by atoms with Crippen LogP contribution < -0.4 is 0 Å². The number of methoxy groups -OCH3 is 1. The molecule has 7 heteroatoms. The van der Waals surface area contributed by atoms with E-state index in [9.17, 15) is 14.9 Å². The maximum atomic E-state index is 11.1. The molecule has 1 aromatic rings. The van der Waals surface area contributed by atoms with Crippen molar-refractivity contribution in [1.29, 1.82) is 0 Å². The normalized spacial score (nSPS) is 12.1. The van der Waals surface area contributed by atoms with E-state index in [1.807, 2.05) is 0 Å². The first-order valence-electron chi connectivity index (χ1n) is 4.29. The number of ether oxygens (including phenoxy) is 1. The first-order valence-corrected chi connectivity index (χ1v) is 4.29. The van der Waals surface area contributed by atoms with Gasteiger partial charge in [-0.05, 0) is 0 Å². The van der Waals surface area contributed by atoms with E-state index in [0.29, 0.717) is 0 Å². The number of hydrogen-bond donors (Lipinski definition) is 0. The highest BCUT2D eigenvalue weighted by Crippen LogP contribution is 2.10. The number of nitro groups is 1. The van der Waals surface area contributed by atoms with Crippen LogP contribution in [-0.2, 0) is 16.1 Å².